The van der Waals surface area contributed by atoms with Gasteiger partial charge in [0, 0.05) is 11.3 Å². The second-order valence-corrected chi connectivity index (χ2v) is 5.94. The molecule has 27 heavy (non-hydrogen) atoms. The largest absolute Gasteiger partial charge is 0.483 e. The Labute approximate surface area is 154 Å². The van der Waals surface area contributed by atoms with E-state index in [1.54, 1.807) is 5.32 Å². The van der Waals surface area contributed by atoms with Crippen LogP contribution in [0, 0.1) is 13.8 Å². The second kappa shape index (κ2) is 8.57. The van der Waals surface area contributed by atoms with Crippen LogP contribution in [0.15, 0.2) is 42.5 Å². The predicted molar refractivity (Wildman–Crippen MR) is 94.9 cm³/mol. The van der Waals surface area contributed by atoms with Crippen molar-refractivity contribution in [2.75, 3.05) is 18.5 Å². The van der Waals surface area contributed by atoms with Crippen molar-refractivity contribution in [1.82, 2.24) is 5.32 Å². The second-order valence-electron chi connectivity index (χ2n) is 5.94. The first-order chi connectivity index (χ1) is 12.7. The Kier molecular flexibility index (Phi) is 6.44. The minimum Gasteiger partial charge on any atom is -0.483 e. The monoisotopic (exact) mass is 380 g/mol. The van der Waals surface area contributed by atoms with Gasteiger partial charge in [-0.1, -0.05) is 24.3 Å². The molecule has 2 rings (SSSR count). The number of alkyl halides is 3. The van der Waals surface area contributed by atoms with Gasteiger partial charge in [-0.15, -0.1) is 0 Å². The summed E-state index contributed by atoms with van der Waals surface area (Å²) in [7, 11) is 0. The van der Waals surface area contributed by atoms with Crippen LogP contribution in [0.4, 0.5) is 18.9 Å². The zero-order valence-corrected chi connectivity index (χ0v) is 14.8. The van der Waals surface area contributed by atoms with E-state index < -0.39 is 24.5 Å². The van der Waals surface area contributed by atoms with E-state index in [0.717, 1.165) is 11.1 Å². The summed E-state index contributed by atoms with van der Waals surface area (Å²) < 4.78 is 42.1. The van der Waals surface area contributed by atoms with Crippen LogP contribution in [-0.2, 0) is 4.79 Å². The fourth-order valence-corrected chi connectivity index (χ4v) is 2.38. The van der Waals surface area contributed by atoms with Gasteiger partial charge in [0.05, 0.1) is 0 Å². The number of amides is 2. The first-order valence-electron chi connectivity index (χ1n) is 8.09. The Hall–Kier alpha value is -3.03. The quantitative estimate of drug-likeness (QED) is 0.805. The normalized spacial score (nSPS) is 11.0. The molecule has 0 radical (unpaired) electrons. The van der Waals surface area contributed by atoms with Gasteiger partial charge in [0.1, 0.15) is 12.3 Å². The van der Waals surface area contributed by atoms with E-state index >= 15 is 0 Å². The number of hydrogen-bond donors (Lipinski definition) is 2. The van der Waals surface area contributed by atoms with Crippen LogP contribution in [0.25, 0.3) is 0 Å². The standard InChI is InChI=1S/C19H19F3N2O3/c1-12-5-3-6-13(2)17(12)27-10-16(25)24-15-8-4-7-14(9-15)18(26)23-11-19(20,21)22/h3-9H,10-11H2,1-2H3,(H,23,26)(H,24,25). The molecule has 2 aromatic rings. The van der Waals surface area contributed by atoms with Crippen molar-refractivity contribution < 1.29 is 27.5 Å². The molecule has 5 nitrogen and oxygen atoms in total. The Morgan fingerprint density at radius 3 is 2.30 bits per heavy atom. The number of aryl methyl sites for hydroxylation is 2. The lowest BCUT2D eigenvalue weighted by molar-refractivity contribution is -0.123. The molecule has 0 aromatic heterocycles. The van der Waals surface area contributed by atoms with Crippen LogP contribution < -0.4 is 15.4 Å². The summed E-state index contributed by atoms with van der Waals surface area (Å²) in [5.41, 5.74) is 2.08. The fraction of sp³-hybridized carbons (Fsp3) is 0.263. The topological polar surface area (TPSA) is 67.4 Å². The van der Waals surface area contributed by atoms with Crippen molar-refractivity contribution in [3.63, 3.8) is 0 Å². The Morgan fingerprint density at radius 2 is 1.67 bits per heavy atom. The van der Waals surface area contributed by atoms with Crippen LogP contribution in [0.3, 0.4) is 0 Å². The molecule has 0 unspecified atom stereocenters. The average molecular weight is 380 g/mol. The van der Waals surface area contributed by atoms with Gasteiger partial charge >= 0.3 is 6.18 Å². The van der Waals surface area contributed by atoms with E-state index in [0.29, 0.717) is 5.75 Å². The number of carbonyl (C=O) groups is 2. The maximum atomic E-state index is 12.2. The summed E-state index contributed by atoms with van der Waals surface area (Å²) in [5, 5.41) is 4.33. The summed E-state index contributed by atoms with van der Waals surface area (Å²) in [5.74, 6) is -0.714. The number of nitrogens with one attached hydrogen (secondary N) is 2. The van der Waals surface area contributed by atoms with Crippen molar-refractivity contribution in [3.8, 4) is 5.75 Å². The number of rotatable bonds is 6. The van der Waals surface area contributed by atoms with Gasteiger partial charge in [0.25, 0.3) is 11.8 Å². The van der Waals surface area contributed by atoms with Crippen molar-refractivity contribution in [3.05, 3.63) is 59.2 Å². The SMILES string of the molecule is Cc1cccc(C)c1OCC(=O)Nc1cccc(C(=O)NCC(F)(F)F)c1. The molecule has 0 bridgehead atoms. The lowest BCUT2D eigenvalue weighted by Gasteiger charge is -2.12. The van der Waals surface area contributed by atoms with E-state index in [1.165, 1.54) is 24.3 Å². The number of halogens is 3. The first kappa shape index (κ1) is 20.3. The summed E-state index contributed by atoms with van der Waals surface area (Å²) in [4.78, 5) is 23.8. The molecule has 0 aliphatic heterocycles. The highest BCUT2D eigenvalue weighted by molar-refractivity contribution is 5.97. The predicted octanol–water partition coefficient (Wildman–Crippen LogP) is 3.61. The van der Waals surface area contributed by atoms with Crippen LogP contribution in [0.1, 0.15) is 21.5 Å². The van der Waals surface area contributed by atoms with Gasteiger partial charge in [-0.25, -0.2) is 0 Å². The molecule has 2 amide bonds. The van der Waals surface area contributed by atoms with Crippen LogP contribution in [0.2, 0.25) is 0 Å². The summed E-state index contributed by atoms with van der Waals surface area (Å²) >= 11 is 0. The van der Waals surface area contributed by atoms with Crippen LogP contribution >= 0.6 is 0 Å². The minimum atomic E-state index is -4.49. The Bertz CT molecular complexity index is 815. The molecule has 144 valence electrons. The van der Waals surface area contributed by atoms with E-state index in [4.69, 9.17) is 4.74 Å². The molecular formula is C19H19F3N2O3. The number of anilines is 1. The summed E-state index contributed by atoms with van der Waals surface area (Å²) in [6.45, 7) is 2.06. The van der Waals surface area contributed by atoms with Gasteiger partial charge in [-0.05, 0) is 43.2 Å². The maximum absolute atomic E-state index is 12.2. The van der Waals surface area contributed by atoms with E-state index in [-0.39, 0.29) is 17.9 Å². The van der Waals surface area contributed by atoms with Crippen molar-refractivity contribution >= 4 is 17.5 Å². The van der Waals surface area contributed by atoms with E-state index in [2.05, 4.69) is 5.32 Å². The smallest absolute Gasteiger partial charge is 0.405 e. The van der Waals surface area contributed by atoms with Crippen LogP contribution in [0.5, 0.6) is 5.75 Å². The summed E-state index contributed by atoms with van der Waals surface area (Å²) in [6.07, 6.45) is -4.49. The first-order valence-corrected chi connectivity index (χ1v) is 8.09. The molecule has 0 aliphatic carbocycles. The fourth-order valence-electron chi connectivity index (χ4n) is 2.38. The van der Waals surface area contributed by atoms with E-state index in [1.807, 2.05) is 32.0 Å². The highest BCUT2D eigenvalue weighted by Gasteiger charge is 2.27. The maximum Gasteiger partial charge on any atom is 0.405 e. The summed E-state index contributed by atoms with van der Waals surface area (Å²) in [6, 6.07) is 11.2. The van der Waals surface area contributed by atoms with Gasteiger partial charge in [-0.3, -0.25) is 9.59 Å². The number of hydrogen-bond acceptors (Lipinski definition) is 3. The number of carbonyl (C=O) groups excluding carboxylic acids is 2. The Balaban J connectivity index is 1.95. The lowest BCUT2D eigenvalue weighted by Crippen LogP contribution is -2.33. The van der Waals surface area contributed by atoms with Gasteiger partial charge in [-0.2, -0.15) is 13.2 Å². The van der Waals surface area contributed by atoms with E-state index in [9.17, 15) is 22.8 Å². The molecule has 0 spiro atoms. The zero-order valence-electron chi connectivity index (χ0n) is 14.8. The third-order valence-corrected chi connectivity index (χ3v) is 3.61. The molecule has 0 fully saturated rings. The Morgan fingerprint density at radius 1 is 1.04 bits per heavy atom. The number of ether oxygens (including phenoxy) is 1. The molecule has 2 N–H and O–H groups in total. The van der Waals surface area contributed by atoms with Crippen molar-refractivity contribution in [1.29, 1.82) is 0 Å². The molecular weight excluding hydrogens is 361 g/mol. The molecule has 0 aliphatic rings. The average Bonchev–Trinajstić information content (AvgIpc) is 2.59. The zero-order chi connectivity index (χ0) is 20.0. The molecule has 0 saturated carbocycles. The van der Waals surface area contributed by atoms with Crippen molar-refractivity contribution in [2.45, 2.75) is 20.0 Å². The lowest BCUT2D eigenvalue weighted by atomic mass is 10.1. The third-order valence-electron chi connectivity index (χ3n) is 3.61. The van der Waals surface area contributed by atoms with Gasteiger partial charge in [0.2, 0.25) is 0 Å². The molecule has 0 heterocycles. The van der Waals surface area contributed by atoms with Gasteiger partial charge < -0.3 is 15.4 Å². The minimum absolute atomic E-state index is 0.00715. The molecule has 0 saturated heterocycles. The third kappa shape index (κ3) is 6.32. The molecule has 2 aromatic carbocycles. The number of para-hydroxylation sites is 1. The van der Waals surface area contributed by atoms with Gasteiger partial charge in [0.15, 0.2) is 6.61 Å². The molecule has 8 heteroatoms. The highest BCUT2D eigenvalue weighted by Crippen LogP contribution is 2.22. The highest BCUT2D eigenvalue weighted by atomic mass is 19.4. The number of benzene rings is 2. The molecule has 0 atom stereocenters. The van der Waals surface area contributed by atoms with Crippen LogP contribution in [-0.4, -0.2) is 31.1 Å². The van der Waals surface area contributed by atoms with Crippen molar-refractivity contribution in [2.24, 2.45) is 0 Å².